The zero-order chi connectivity index (χ0) is 13.0. The molecule has 0 radical (unpaired) electrons. The van der Waals surface area contributed by atoms with Crippen molar-refractivity contribution in [2.75, 3.05) is 20.2 Å². The fourth-order valence-corrected chi connectivity index (χ4v) is 1.91. The number of rotatable bonds is 6. The van der Waals surface area contributed by atoms with Crippen LogP contribution in [0.2, 0.25) is 0 Å². The lowest BCUT2D eigenvalue weighted by Crippen LogP contribution is -2.33. The number of ether oxygens (including phenoxy) is 1. The van der Waals surface area contributed by atoms with Crippen LogP contribution in [0.4, 0.5) is 0 Å². The molecule has 1 aliphatic carbocycles. The van der Waals surface area contributed by atoms with Crippen molar-refractivity contribution in [3.63, 3.8) is 0 Å². The second-order valence-electron chi connectivity index (χ2n) is 4.67. The van der Waals surface area contributed by atoms with E-state index in [2.05, 4.69) is 0 Å². The lowest BCUT2D eigenvalue weighted by Gasteiger charge is -2.17. The van der Waals surface area contributed by atoms with Crippen molar-refractivity contribution in [1.82, 2.24) is 4.90 Å². The third-order valence-electron chi connectivity index (χ3n) is 3.23. The van der Waals surface area contributed by atoms with Crippen LogP contribution >= 0.6 is 0 Å². The van der Waals surface area contributed by atoms with Gasteiger partial charge in [0.2, 0.25) is 0 Å². The highest BCUT2D eigenvalue weighted by Crippen LogP contribution is 2.25. The molecule has 1 aromatic carbocycles. The molecule has 0 heterocycles. The van der Waals surface area contributed by atoms with E-state index in [9.17, 15) is 4.79 Å². The number of carbonyl (C=O) groups is 1. The number of para-hydroxylation sites is 1. The number of likely N-dealkylation sites (N-methyl/N-ethyl adjacent to an activating group) is 1. The molecule has 1 aliphatic rings. The third kappa shape index (κ3) is 3.23. The molecular formula is C14H20N2O2. The molecule has 0 aromatic heterocycles. The molecule has 2 rings (SSSR count). The van der Waals surface area contributed by atoms with E-state index in [1.54, 1.807) is 4.90 Å². The minimum absolute atomic E-state index is 0.0417. The van der Waals surface area contributed by atoms with Gasteiger partial charge in [-0.15, -0.1) is 0 Å². The molecule has 0 saturated heterocycles. The maximum atomic E-state index is 11.8. The van der Waals surface area contributed by atoms with Crippen molar-refractivity contribution < 1.29 is 9.53 Å². The van der Waals surface area contributed by atoms with E-state index in [0.717, 1.165) is 30.6 Å². The Hall–Kier alpha value is -1.55. The molecular weight excluding hydrogens is 228 g/mol. The van der Waals surface area contributed by atoms with Crippen LogP contribution in [0.25, 0.3) is 0 Å². The van der Waals surface area contributed by atoms with E-state index < -0.39 is 0 Å². The molecule has 0 unspecified atom stereocenters. The van der Waals surface area contributed by atoms with Crippen LogP contribution in [0.15, 0.2) is 24.3 Å². The summed E-state index contributed by atoms with van der Waals surface area (Å²) in [5.41, 5.74) is 6.61. The highest BCUT2D eigenvalue weighted by atomic mass is 16.5. The molecule has 1 fully saturated rings. The van der Waals surface area contributed by atoms with E-state index in [1.807, 2.05) is 31.3 Å². The first-order chi connectivity index (χ1) is 8.72. The Balaban J connectivity index is 1.90. The minimum Gasteiger partial charge on any atom is -0.483 e. The van der Waals surface area contributed by atoms with Gasteiger partial charge in [0.05, 0.1) is 0 Å². The summed E-state index contributed by atoms with van der Waals surface area (Å²) in [4.78, 5) is 13.6. The lowest BCUT2D eigenvalue weighted by molar-refractivity contribution is -0.132. The topological polar surface area (TPSA) is 55.6 Å². The normalized spacial score (nSPS) is 14.3. The molecule has 0 atom stereocenters. The molecule has 98 valence electrons. The Morgan fingerprint density at radius 3 is 2.83 bits per heavy atom. The van der Waals surface area contributed by atoms with E-state index >= 15 is 0 Å². The standard InChI is InChI=1S/C14H20N2O2/c1-16(12-6-7-12)14(17)10-18-13-5-3-2-4-11(13)8-9-15/h2-5,12H,6-10,15H2,1H3. The molecule has 1 amide bonds. The van der Waals surface area contributed by atoms with E-state index in [0.29, 0.717) is 12.6 Å². The van der Waals surface area contributed by atoms with Crippen molar-refractivity contribution in [1.29, 1.82) is 0 Å². The predicted molar refractivity (Wildman–Crippen MR) is 70.5 cm³/mol. The summed E-state index contributed by atoms with van der Waals surface area (Å²) < 4.78 is 5.60. The van der Waals surface area contributed by atoms with Gasteiger partial charge in [-0.05, 0) is 37.4 Å². The largest absolute Gasteiger partial charge is 0.483 e. The number of hydrogen-bond acceptors (Lipinski definition) is 3. The summed E-state index contributed by atoms with van der Waals surface area (Å²) in [6.45, 7) is 0.685. The smallest absolute Gasteiger partial charge is 0.260 e. The maximum Gasteiger partial charge on any atom is 0.260 e. The Morgan fingerprint density at radius 1 is 1.44 bits per heavy atom. The van der Waals surface area contributed by atoms with Gasteiger partial charge in [0.1, 0.15) is 5.75 Å². The van der Waals surface area contributed by atoms with Gasteiger partial charge >= 0.3 is 0 Å². The highest BCUT2D eigenvalue weighted by Gasteiger charge is 2.29. The average molecular weight is 248 g/mol. The first-order valence-corrected chi connectivity index (χ1v) is 6.39. The molecule has 0 spiro atoms. The number of benzene rings is 1. The summed E-state index contributed by atoms with van der Waals surface area (Å²) in [5, 5.41) is 0. The number of hydrogen-bond donors (Lipinski definition) is 1. The van der Waals surface area contributed by atoms with Gasteiger partial charge in [0, 0.05) is 13.1 Å². The predicted octanol–water partition coefficient (Wildman–Crippen LogP) is 1.19. The maximum absolute atomic E-state index is 11.8. The van der Waals surface area contributed by atoms with Crippen LogP contribution < -0.4 is 10.5 Å². The SMILES string of the molecule is CN(C(=O)COc1ccccc1CCN)C1CC1. The van der Waals surface area contributed by atoms with Gasteiger partial charge in [-0.1, -0.05) is 18.2 Å². The molecule has 18 heavy (non-hydrogen) atoms. The number of nitrogens with zero attached hydrogens (tertiary/aromatic N) is 1. The molecule has 4 heteroatoms. The molecule has 2 N–H and O–H groups in total. The summed E-state index contributed by atoms with van der Waals surface area (Å²) in [5.74, 6) is 0.806. The van der Waals surface area contributed by atoms with Crippen molar-refractivity contribution in [2.45, 2.75) is 25.3 Å². The van der Waals surface area contributed by atoms with Gasteiger partial charge in [-0.2, -0.15) is 0 Å². The fraction of sp³-hybridized carbons (Fsp3) is 0.500. The van der Waals surface area contributed by atoms with Gasteiger partial charge in [-0.25, -0.2) is 0 Å². The minimum atomic E-state index is 0.0417. The van der Waals surface area contributed by atoms with Gasteiger partial charge in [0.15, 0.2) is 6.61 Å². The Bertz CT molecular complexity index is 416. The van der Waals surface area contributed by atoms with Crippen LogP contribution in [-0.2, 0) is 11.2 Å². The highest BCUT2D eigenvalue weighted by molar-refractivity contribution is 5.78. The molecule has 1 aromatic rings. The van der Waals surface area contributed by atoms with Crippen LogP contribution in [0.3, 0.4) is 0 Å². The van der Waals surface area contributed by atoms with Crippen LogP contribution in [0.1, 0.15) is 18.4 Å². The van der Waals surface area contributed by atoms with E-state index in [4.69, 9.17) is 10.5 Å². The van der Waals surface area contributed by atoms with Gasteiger partial charge in [-0.3, -0.25) is 4.79 Å². The monoisotopic (exact) mass is 248 g/mol. The summed E-state index contributed by atoms with van der Waals surface area (Å²) in [7, 11) is 1.84. The second-order valence-corrected chi connectivity index (χ2v) is 4.67. The third-order valence-corrected chi connectivity index (χ3v) is 3.23. The Labute approximate surface area is 108 Å². The van der Waals surface area contributed by atoms with Crippen LogP contribution in [0, 0.1) is 0 Å². The fourth-order valence-electron chi connectivity index (χ4n) is 1.91. The number of amides is 1. The second kappa shape index (κ2) is 5.87. The van der Waals surface area contributed by atoms with Crippen LogP contribution in [-0.4, -0.2) is 37.0 Å². The average Bonchev–Trinajstić information content (AvgIpc) is 3.21. The Morgan fingerprint density at radius 2 is 2.17 bits per heavy atom. The number of carbonyl (C=O) groups excluding carboxylic acids is 1. The summed E-state index contributed by atoms with van der Waals surface area (Å²) in [6.07, 6.45) is 3.00. The van der Waals surface area contributed by atoms with Crippen molar-refractivity contribution in [3.05, 3.63) is 29.8 Å². The quantitative estimate of drug-likeness (QED) is 0.822. The lowest BCUT2D eigenvalue weighted by atomic mass is 10.1. The molecule has 0 aliphatic heterocycles. The van der Waals surface area contributed by atoms with E-state index in [1.165, 1.54) is 0 Å². The first kappa shape index (κ1) is 12.9. The zero-order valence-electron chi connectivity index (χ0n) is 10.8. The van der Waals surface area contributed by atoms with Crippen molar-refractivity contribution >= 4 is 5.91 Å². The van der Waals surface area contributed by atoms with Crippen molar-refractivity contribution in [3.8, 4) is 5.75 Å². The molecule has 0 bridgehead atoms. The molecule has 1 saturated carbocycles. The van der Waals surface area contributed by atoms with Gasteiger partial charge in [0.25, 0.3) is 5.91 Å². The first-order valence-electron chi connectivity index (χ1n) is 6.39. The summed E-state index contributed by atoms with van der Waals surface area (Å²) >= 11 is 0. The summed E-state index contributed by atoms with van der Waals surface area (Å²) in [6, 6.07) is 8.16. The van der Waals surface area contributed by atoms with E-state index in [-0.39, 0.29) is 12.5 Å². The molecule has 4 nitrogen and oxygen atoms in total. The van der Waals surface area contributed by atoms with Gasteiger partial charge < -0.3 is 15.4 Å². The zero-order valence-corrected chi connectivity index (χ0v) is 10.8. The van der Waals surface area contributed by atoms with Crippen molar-refractivity contribution in [2.24, 2.45) is 5.73 Å². The van der Waals surface area contributed by atoms with Crippen LogP contribution in [0.5, 0.6) is 5.75 Å². The number of nitrogens with two attached hydrogens (primary N) is 1. The Kier molecular flexibility index (Phi) is 4.20.